The van der Waals surface area contributed by atoms with Crippen molar-refractivity contribution in [1.82, 2.24) is 10.4 Å². The maximum absolute atomic E-state index is 5.68. The molecule has 0 bridgehead atoms. The van der Waals surface area contributed by atoms with Crippen LogP contribution in [-0.4, -0.2) is 24.0 Å². The Morgan fingerprint density at radius 1 is 0.955 bits per heavy atom. The van der Waals surface area contributed by atoms with Gasteiger partial charge >= 0.3 is 0 Å². The second-order valence-corrected chi connectivity index (χ2v) is 5.95. The lowest BCUT2D eigenvalue weighted by atomic mass is 10.1. The van der Waals surface area contributed by atoms with Gasteiger partial charge in [0.05, 0.1) is 6.61 Å². The maximum Gasteiger partial charge on any atom is 0.0933 e. The van der Waals surface area contributed by atoms with Crippen LogP contribution in [0.1, 0.15) is 24.0 Å². The molecule has 1 aliphatic heterocycles. The summed E-state index contributed by atoms with van der Waals surface area (Å²) in [6, 6.07) is 21.4. The third-order valence-electron chi connectivity index (χ3n) is 4.09. The first kappa shape index (κ1) is 15.2. The second kappa shape index (κ2) is 8.08. The Kier molecular flexibility index (Phi) is 5.59. The molecule has 3 rings (SSSR count). The van der Waals surface area contributed by atoms with E-state index in [-0.39, 0.29) is 0 Å². The fourth-order valence-corrected chi connectivity index (χ4v) is 2.95. The van der Waals surface area contributed by atoms with Gasteiger partial charge in [0.15, 0.2) is 0 Å². The van der Waals surface area contributed by atoms with Crippen molar-refractivity contribution in [3.05, 3.63) is 71.8 Å². The van der Waals surface area contributed by atoms with Crippen LogP contribution < -0.4 is 5.48 Å². The van der Waals surface area contributed by atoms with Crippen LogP contribution in [0.3, 0.4) is 0 Å². The molecule has 1 fully saturated rings. The molecule has 3 nitrogen and oxygen atoms in total. The van der Waals surface area contributed by atoms with E-state index in [1.54, 1.807) is 0 Å². The lowest BCUT2D eigenvalue weighted by Crippen LogP contribution is -2.45. The molecule has 1 atom stereocenters. The van der Waals surface area contributed by atoms with E-state index in [2.05, 4.69) is 52.8 Å². The van der Waals surface area contributed by atoms with E-state index in [0.29, 0.717) is 12.6 Å². The number of hydroxylamine groups is 1. The van der Waals surface area contributed by atoms with Crippen LogP contribution >= 0.6 is 0 Å². The molecule has 0 amide bonds. The van der Waals surface area contributed by atoms with Gasteiger partial charge in [-0.05, 0) is 30.5 Å². The number of benzene rings is 2. The maximum atomic E-state index is 5.68. The largest absolute Gasteiger partial charge is 0.297 e. The molecule has 0 aliphatic carbocycles. The van der Waals surface area contributed by atoms with Crippen molar-refractivity contribution >= 4 is 0 Å². The first-order valence-electron chi connectivity index (χ1n) is 8.08. The van der Waals surface area contributed by atoms with Crippen LogP contribution in [0.5, 0.6) is 0 Å². The summed E-state index contributed by atoms with van der Waals surface area (Å²) in [5, 5.41) is 0. The molecule has 1 aliphatic rings. The molecule has 0 aromatic heterocycles. The highest BCUT2D eigenvalue weighted by Crippen LogP contribution is 2.14. The molecule has 1 heterocycles. The van der Waals surface area contributed by atoms with Crippen LogP contribution in [0.15, 0.2) is 60.7 Å². The third kappa shape index (κ3) is 4.67. The highest BCUT2D eigenvalue weighted by Gasteiger charge is 2.19. The second-order valence-electron chi connectivity index (χ2n) is 5.95. The van der Waals surface area contributed by atoms with Gasteiger partial charge in [0.2, 0.25) is 0 Å². The molecule has 2 aromatic rings. The van der Waals surface area contributed by atoms with Gasteiger partial charge in [0.25, 0.3) is 0 Å². The number of hydrogen-bond acceptors (Lipinski definition) is 3. The van der Waals surface area contributed by atoms with Crippen LogP contribution in [0.4, 0.5) is 0 Å². The first-order valence-corrected chi connectivity index (χ1v) is 8.08. The number of piperidine rings is 1. The molecule has 0 radical (unpaired) electrons. The predicted octanol–water partition coefficient (Wildman–Crippen LogP) is 3.37. The van der Waals surface area contributed by atoms with Crippen LogP contribution in [0.25, 0.3) is 0 Å². The van der Waals surface area contributed by atoms with Gasteiger partial charge in [-0.1, -0.05) is 60.7 Å². The molecular weight excluding hydrogens is 272 g/mol. The number of rotatable bonds is 6. The minimum absolute atomic E-state index is 0.418. The van der Waals surface area contributed by atoms with Gasteiger partial charge < -0.3 is 0 Å². The van der Waals surface area contributed by atoms with E-state index >= 15 is 0 Å². The highest BCUT2D eigenvalue weighted by atomic mass is 16.6. The van der Waals surface area contributed by atoms with Gasteiger partial charge in [-0.15, -0.1) is 0 Å². The molecule has 0 spiro atoms. The summed E-state index contributed by atoms with van der Waals surface area (Å²) in [5.41, 5.74) is 5.83. The zero-order chi connectivity index (χ0) is 15.0. The van der Waals surface area contributed by atoms with Crippen molar-refractivity contribution in [2.75, 3.05) is 13.1 Å². The molecule has 2 aromatic carbocycles. The monoisotopic (exact) mass is 296 g/mol. The van der Waals surface area contributed by atoms with E-state index in [4.69, 9.17) is 4.84 Å². The fourth-order valence-electron chi connectivity index (χ4n) is 2.95. The minimum Gasteiger partial charge on any atom is -0.297 e. The Morgan fingerprint density at radius 2 is 1.64 bits per heavy atom. The lowest BCUT2D eigenvalue weighted by molar-refractivity contribution is -0.0158. The average Bonchev–Trinajstić information content (AvgIpc) is 2.57. The molecule has 0 unspecified atom stereocenters. The Bertz CT molecular complexity index is 544. The molecule has 22 heavy (non-hydrogen) atoms. The van der Waals surface area contributed by atoms with Gasteiger partial charge in [-0.2, -0.15) is 5.48 Å². The topological polar surface area (TPSA) is 24.5 Å². The van der Waals surface area contributed by atoms with Crippen molar-refractivity contribution in [2.45, 2.75) is 32.0 Å². The van der Waals surface area contributed by atoms with Crippen molar-refractivity contribution in [3.8, 4) is 0 Å². The molecule has 116 valence electrons. The Hall–Kier alpha value is -1.68. The molecule has 3 heteroatoms. The summed E-state index contributed by atoms with van der Waals surface area (Å²) in [5.74, 6) is 0. The molecule has 1 N–H and O–H groups in total. The fraction of sp³-hybridized carbons (Fsp3) is 0.368. The zero-order valence-electron chi connectivity index (χ0n) is 12.9. The summed E-state index contributed by atoms with van der Waals surface area (Å²) < 4.78 is 0. The van der Waals surface area contributed by atoms with Crippen LogP contribution in [0.2, 0.25) is 0 Å². The van der Waals surface area contributed by atoms with E-state index in [0.717, 1.165) is 13.1 Å². The van der Waals surface area contributed by atoms with E-state index in [9.17, 15) is 0 Å². The van der Waals surface area contributed by atoms with Crippen molar-refractivity contribution < 1.29 is 4.84 Å². The smallest absolute Gasteiger partial charge is 0.0933 e. The molecule has 1 saturated heterocycles. The average molecular weight is 296 g/mol. The predicted molar refractivity (Wildman–Crippen MR) is 89.1 cm³/mol. The quantitative estimate of drug-likeness (QED) is 0.827. The van der Waals surface area contributed by atoms with Gasteiger partial charge in [0.1, 0.15) is 0 Å². The van der Waals surface area contributed by atoms with E-state index in [1.165, 1.54) is 30.5 Å². The summed E-state index contributed by atoms with van der Waals surface area (Å²) >= 11 is 0. The van der Waals surface area contributed by atoms with Gasteiger partial charge in [-0.3, -0.25) is 9.74 Å². The molecule has 0 saturated carbocycles. The standard InChI is InChI=1S/C19H24N2O/c1-3-8-17(9-4-1)14-21-13-7-12-19(15-21)20-22-16-18-10-5-2-6-11-18/h1-6,8-11,19-20H,7,12-16H2/t19-/m1/s1. The number of nitrogens with zero attached hydrogens (tertiary/aromatic N) is 1. The van der Waals surface area contributed by atoms with Crippen molar-refractivity contribution in [1.29, 1.82) is 0 Å². The van der Waals surface area contributed by atoms with Gasteiger partial charge in [-0.25, -0.2) is 0 Å². The number of hydrogen-bond donors (Lipinski definition) is 1. The number of likely N-dealkylation sites (tertiary alicyclic amines) is 1. The van der Waals surface area contributed by atoms with Crippen molar-refractivity contribution in [3.63, 3.8) is 0 Å². The lowest BCUT2D eigenvalue weighted by Gasteiger charge is -2.32. The van der Waals surface area contributed by atoms with Crippen LogP contribution in [-0.2, 0) is 18.0 Å². The summed E-state index contributed by atoms with van der Waals surface area (Å²) in [6.07, 6.45) is 2.40. The Labute approximate surface area is 132 Å². The van der Waals surface area contributed by atoms with Crippen molar-refractivity contribution in [2.24, 2.45) is 0 Å². The minimum atomic E-state index is 0.418. The number of nitrogens with one attached hydrogen (secondary N) is 1. The van der Waals surface area contributed by atoms with E-state index < -0.39 is 0 Å². The first-order chi connectivity index (χ1) is 10.9. The summed E-state index contributed by atoms with van der Waals surface area (Å²) in [4.78, 5) is 8.18. The Balaban J connectivity index is 1.42. The molecular formula is C19H24N2O. The van der Waals surface area contributed by atoms with Crippen LogP contribution in [0, 0.1) is 0 Å². The zero-order valence-corrected chi connectivity index (χ0v) is 12.9. The third-order valence-corrected chi connectivity index (χ3v) is 4.09. The van der Waals surface area contributed by atoms with E-state index in [1.807, 2.05) is 18.2 Å². The Morgan fingerprint density at radius 3 is 2.36 bits per heavy atom. The highest BCUT2D eigenvalue weighted by molar-refractivity contribution is 5.15. The summed E-state index contributed by atoms with van der Waals surface area (Å²) in [6.45, 7) is 3.86. The van der Waals surface area contributed by atoms with Gasteiger partial charge in [0, 0.05) is 19.1 Å². The normalized spacial score (nSPS) is 19.2. The summed E-state index contributed by atoms with van der Waals surface area (Å²) in [7, 11) is 0. The SMILES string of the molecule is c1ccc(CON[C@@H]2CCCN(Cc3ccccc3)C2)cc1.